The van der Waals surface area contributed by atoms with Gasteiger partial charge in [0.15, 0.2) is 5.82 Å². The zero-order valence-electron chi connectivity index (χ0n) is 13.7. The molecule has 4 rings (SSSR count). The van der Waals surface area contributed by atoms with E-state index in [0.29, 0.717) is 31.8 Å². The number of hydrogen-bond donors (Lipinski definition) is 1. The van der Waals surface area contributed by atoms with Crippen molar-refractivity contribution >= 4 is 17.4 Å². The molecule has 0 atom stereocenters. The smallest absolute Gasteiger partial charge is 0.260 e. The van der Waals surface area contributed by atoms with E-state index in [1.807, 2.05) is 17.5 Å². The van der Waals surface area contributed by atoms with Crippen LogP contribution in [-0.2, 0) is 0 Å². The maximum atomic E-state index is 12.5. The second-order valence-corrected chi connectivity index (χ2v) is 5.88. The molecule has 0 aromatic carbocycles. The third-order valence-corrected chi connectivity index (χ3v) is 4.39. The molecule has 4 heterocycles. The molecule has 9 nitrogen and oxygen atoms in total. The van der Waals surface area contributed by atoms with Crippen LogP contribution >= 0.6 is 0 Å². The molecule has 1 amide bonds. The van der Waals surface area contributed by atoms with Crippen molar-refractivity contribution in [1.29, 1.82) is 0 Å². The van der Waals surface area contributed by atoms with Crippen molar-refractivity contribution in [2.75, 3.05) is 31.1 Å². The first-order valence-corrected chi connectivity index (χ1v) is 8.03. The number of nitrogens with one attached hydrogen (secondary N) is 1. The highest BCUT2D eigenvalue weighted by Crippen LogP contribution is 2.19. The molecule has 25 heavy (non-hydrogen) atoms. The molecule has 128 valence electrons. The molecule has 1 saturated heterocycles. The molecule has 0 radical (unpaired) electrons. The van der Waals surface area contributed by atoms with Crippen LogP contribution in [0.5, 0.6) is 0 Å². The van der Waals surface area contributed by atoms with Gasteiger partial charge in [-0.25, -0.2) is 4.98 Å². The number of hydrogen-bond acceptors (Lipinski definition) is 6. The Morgan fingerprint density at radius 3 is 2.76 bits per heavy atom. The van der Waals surface area contributed by atoms with Crippen LogP contribution in [0.15, 0.2) is 35.5 Å². The standard InChI is InChI=1S/C16H17N7O2/c1-11-19-20-14-13(17-5-6-23(11)14)21-7-9-22(10-8-21)16(25)12-3-2-4-18-15(12)24/h2-6H,7-10H2,1H3,(H,18,24). The second kappa shape index (κ2) is 6.00. The summed E-state index contributed by atoms with van der Waals surface area (Å²) in [5, 5.41) is 8.28. The molecule has 0 unspecified atom stereocenters. The zero-order valence-corrected chi connectivity index (χ0v) is 13.7. The third-order valence-electron chi connectivity index (χ3n) is 4.39. The van der Waals surface area contributed by atoms with E-state index in [2.05, 4.69) is 25.1 Å². The van der Waals surface area contributed by atoms with Crippen molar-refractivity contribution in [2.24, 2.45) is 0 Å². The fourth-order valence-corrected chi connectivity index (χ4v) is 3.03. The molecule has 0 spiro atoms. The predicted octanol–water partition coefficient (Wildman–Crippen LogP) is 0.0834. The Balaban J connectivity index is 1.52. The molecule has 1 aliphatic rings. The molecule has 1 aliphatic heterocycles. The first kappa shape index (κ1) is 15.3. The number of amides is 1. The molecule has 0 aliphatic carbocycles. The van der Waals surface area contributed by atoms with E-state index in [1.54, 1.807) is 23.2 Å². The lowest BCUT2D eigenvalue weighted by atomic mass is 10.2. The minimum Gasteiger partial charge on any atom is -0.350 e. The van der Waals surface area contributed by atoms with E-state index >= 15 is 0 Å². The Labute approximate surface area is 142 Å². The number of carbonyl (C=O) groups is 1. The highest BCUT2D eigenvalue weighted by Gasteiger charge is 2.25. The summed E-state index contributed by atoms with van der Waals surface area (Å²) in [5.74, 6) is 1.31. The van der Waals surface area contributed by atoms with Gasteiger partial charge in [-0.2, -0.15) is 0 Å². The van der Waals surface area contributed by atoms with Gasteiger partial charge in [0.25, 0.3) is 11.5 Å². The molecule has 9 heteroatoms. The number of aromatic nitrogens is 5. The monoisotopic (exact) mass is 339 g/mol. The third kappa shape index (κ3) is 2.63. The summed E-state index contributed by atoms with van der Waals surface area (Å²) in [6, 6.07) is 3.21. The lowest BCUT2D eigenvalue weighted by Gasteiger charge is -2.35. The van der Waals surface area contributed by atoms with Crippen LogP contribution in [0.2, 0.25) is 0 Å². The largest absolute Gasteiger partial charge is 0.350 e. The van der Waals surface area contributed by atoms with E-state index in [-0.39, 0.29) is 17.0 Å². The number of piperazine rings is 1. The van der Waals surface area contributed by atoms with Gasteiger partial charge < -0.3 is 14.8 Å². The maximum absolute atomic E-state index is 12.5. The van der Waals surface area contributed by atoms with Crippen molar-refractivity contribution in [3.8, 4) is 0 Å². The second-order valence-electron chi connectivity index (χ2n) is 5.88. The summed E-state index contributed by atoms with van der Waals surface area (Å²) in [6.45, 7) is 4.16. The Morgan fingerprint density at radius 1 is 1.20 bits per heavy atom. The Morgan fingerprint density at radius 2 is 2.00 bits per heavy atom. The van der Waals surface area contributed by atoms with Gasteiger partial charge in [-0.05, 0) is 19.1 Å². The van der Waals surface area contributed by atoms with Crippen LogP contribution in [0.25, 0.3) is 5.65 Å². The molecule has 1 N–H and O–H groups in total. The van der Waals surface area contributed by atoms with Gasteiger partial charge in [0.1, 0.15) is 11.4 Å². The van der Waals surface area contributed by atoms with Crippen molar-refractivity contribution in [2.45, 2.75) is 6.92 Å². The highest BCUT2D eigenvalue weighted by atomic mass is 16.2. The summed E-state index contributed by atoms with van der Waals surface area (Å²) < 4.78 is 1.89. The fraction of sp³-hybridized carbons (Fsp3) is 0.312. The molecule has 3 aromatic heterocycles. The predicted molar refractivity (Wildman–Crippen MR) is 90.7 cm³/mol. The summed E-state index contributed by atoms with van der Waals surface area (Å²) in [4.78, 5) is 35.1. The minimum atomic E-state index is -0.361. The number of H-pyrrole nitrogens is 1. The molecular formula is C16H17N7O2. The number of carbonyl (C=O) groups excluding carboxylic acids is 1. The minimum absolute atomic E-state index is 0.171. The van der Waals surface area contributed by atoms with E-state index in [0.717, 1.165) is 11.6 Å². The molecule has 0 bridgehead atoms. The highest BCUT2D eigenvalue weighted by molar-refractivity contribution is 5.94. The number of fused-ring (bicyclic) bond motifs is 1. The van der Waals surface area contributed by atoms with Gasteiger partial charge in [0.05, 0.1) is 0 Å². The van der Waals surface area contributed by atoms with Crippen LogP contribution in [0, 0.1) is 6.92 Å². The van der Waals surface area contributed by atoms with E-state index < -0.39 is 0 Å². The fourth-order valence-electron chi connectivity index (χ4n) is 3.03. The van der Waals surface area contributed by atoms with Crippen LogP contribution in [0.3, 0.4) is 0 Å². The van der Waals surface area contributed by atoms with Crippen LogP contribution in [0.4, 0.5) is 5.82 Å². The van der Waals surface area contributed by atoms with Crippen molar-refractivity contribution in [3.63, 3.8) is 0 Å². The lowest BCUT2D eigenvalue weighted by molar-refractivity contribution is 0.0745. The first-order valence-electron chi connectivity index (χ1n) is 8.03. The number of pyridine rings is 1. The summed E-state index contributed by atoms with van der Waals surface area (Å²) >= 11 is 0. The lowest BCUT2D eigenvalue weighted by Crippen LogP contribution is -2.50. The molecule has 3 aromatic rings. The average Bonchev–Trinajstić information content (AvgIpc) is 3.03. The van der Waals surface area contributed by atoms with Crippen LogP contribution in [-0.4, -0.2) is 61.6 Å². The van der Waals surface area contributed by atoms with Gasteiger partial charge in [-0.15, -0.1) is 10.2 Å². The summed E-state index contributed by atoms with van der Waals surface area (Å²) in [5.41, 5.74) is 0.517. The Hall–Kier alpha value is -3.23. The van der Waals surface area contributed by atoms with Gasteiger partial charge in [0.2, 0.25) is 5.65 Å². The number of rotatable bonds is 2. The van der Waals surface area contributed by atoms with Crippen molar-refractivity contribution in [3.05, 3.63) is 52.5 Å². The molecule has 1 fully saturated rings. The van der Waals surface area contributed by atoms with E-state index in [1.165, 1.54) is 6.20 Å². The van der Waals surface area contributed by atoms with E-state index in [4.69, 9.17) is 0 Å². The molecular weight excluding hydrogens is 322 g/mol. The number of anilines is 1. The van der Waals surface area contributed by atoms with Crippen molar-refractivity contribution in [1.82, 2.24) is 29.5 Å². The van der Waals surface area contributed by atoms with Gasteiger partial charge >= 0.3 is 0 Å². The maximum Gasteiger partial charge on any atom is 0.260 e. The van der Waals surface area contributed by atoms with Crippen LogP contribution in [0.1, 0.15) is 16.2 Å². The average molecular weight is 339 g/mol. The van der Waals surface area contributed by atoms with Gasteiger partial charge in [-0.3, -0.25) is 14.0 Å². The summed E-state index contributed by atoms with van der Waals surface area (Å²) in [7, 11) is 0. The quantitative estimate of drug-likeness (QED) is 0.710. The SMILES string of the molecule is Cc1nnc2c(N3CCN(C(=O)c4ccc[nH]c4=O)CC3)nccn12. The number of nitrogens with zero attached hydrogens (tertiary/aromatic N) is 6. The topological polar surface area (TPSA) is 99.5 Å². The molecule has 0 saturated carbocycles. The van der Waals surface area contributed by atoms with E-state index in [9.17, 15) is 9.59 Å². The first-order chi connectivity index (χ1) is 12.1. The van der Waals surface area contributed by atoms with Crippen molar-refractivity contribution < 1.29 is 4.79 Å². The summed E-state index contributed by atoms with van der Waals surface area (Å²) in [6.07, 6.45) is 5.07. The zero-order chi connectivity index (χ0) is 17.4. The Bertz CT molecular complexity index is 985. The Kier molecular flexibility index (Phi) is 3.68. The number of aryl methyl sites for hydroxylation is 1. The van der Waals surface area contributed by atoms with Gasteiger partial charge in [-0.1, -0.05) is 0 Å². The van der Waals surface area contributed by atoms with Gasteiger partial charge in [0, 0.05) is 44.8 Å². The normalized spacial score (nSPS) is 14.9. The number of aromatic amines is 1. The van der Waals surface area contributed by atoms with Crippen LogP contribution < -0.4 is 10.5 Å².